The van der Waals surface area contributed by atoms with Gasteiger partial charge in [-0.15, -0.1) is 0 Å². The van der Waals surface area contributed by atoms with Crippen LogP contribution in [0.1, 0.15) is 36.9 Å². The molecule has 1 fully saturated rings. The van der Waals surface area contributed by atoms with Crippen molar-refractivity contribution in [2.75, 3.05) is 11.9 Å². The Labute approximate surface area is 158 Å². The van der Waals surface area contributed by atoms with E-state index in [1.165, 1.54) is 0 Å². The predicted octanol–water partition coefficient (Wildman–Crippen LogP) is 3.51. The average molecular weight is 363 g/mol. The van der Waals surface area contributed by atoms with Crippen molar-refractivity contribution in [1.29, 1.82) is 0 Å². The molecule has 1 aliphatic heterocycles. The zero-order chi connectivity index (χ0) is 18.4. The Morgan fingerprint density at radius 2 is 2.07 bits per heavy atom. The summed E-state index contributed by atoms with van der Waals surface area (Å²) < 4.78 is 7.93. The number of rotatable bonds is 3. The van der Waals surface area contributed by atoms with Crippen LogP contribution in [0.4, 0.5) is 5.82 Å². The minimum Gasteiger partial charge on any atom is -0.493 e. The molecule has 6 nitrogen and oxygen atoms in total. The molecule has 3 heterocycles. The summed E-state index contributed by atoms with van der Waals surface area (Å²) in [5.74, 6) is 1.85. The second-order valence-electron chi connectivity index (χ2n) is 7.51. The molecule has 0 saturated heterocycles. The fourth-order valence-electron chi connectivity index (χ4n) is 4.34. The minimum absolute atomic E-state index is 0.0747. The smallest absolute Gasteiger partial charge is 0.145 e. The van der Waals surface area contributed by atoms with Crippen molar-refractivity contribution in [3.63, 3.8) is 0 Å². The molecule has 6 heteroatoms. The monoisotopic (exact) mass is 363 g/mol. The standard InChI is InChI=1S/C21H23N4O2/c1-13-10-14(11-18(13)26)25-8-6-16-20(22-12-23-21(16)25)24-17-7-9-27-19-5-3-2-4-15(17)19/h2-6,8,12-14,17-18,26H,1,7,9-11H2,(H,22,23,24)/t13-,14+,17-,18-/m0/s1. The molecule has 2 N–H and O–H groups in total. The van der Waals surface area contributed by atoms with E-state index in [9.17, 15) is 5.11 Å². The number of benzene rings is 1. The quantitative estimate of drug-likeness (QED) is 0.745. The molecule has 3 aromatic rings. The predicted molar refractivity (Wildman–Crippen MR) is 104 cm³/mol. The van der Waals surface area contributed by atoms with Crippen LogP contribution in [-0.4, -0.2) is 32.4 Å². The highest BCUT2D eigenvalue weighted by atomic mass is 16.5. The number of aromatic nitrogens is 3. The molecule has 0 bridgehead atoms. The van der Waals surface area contributed by atoms with E-state index in [0.717, 1.165) is 47.4 Å². The van der Waals surface area contributed by atoms with Gasteiger partial charge in [0.15, 0.2) is 0 Å². The molecular weight excluding hydrogens is 340 g/mol. The summed E-state index contributed by atoms with van der Waals surface area (Å²) in [4.78, 5) is 9.02. The molecule has 5 rings (SSSR count). The molecule has 139 valence electrons. The highest BCUT2D eigenvalue weighted by Gasteiger charge is 2.32. The number of nitrogens with zero attached hydrogens (tertiary/aromatic N) is 3. The van der Waals surface area contributed by atoms with Crippen LogP contribution in [0.2, 0.25) is 0 Å². The third-order valence-corrected chi connectivity index (χ3v) is 5.80. The molecule has 1 saturated carbocycles. The largest absolute Gasteiger partial charge is 0.493 e. The number of hydrogen-bond acceptors (Lipinski definition) is 5. The van der Waals surface area contributed by atoms with Gasteiger partial charge in [0, 0.05) is 24.2 Å². The molecule has 1 aliphatic carbocycles. The first-order valence-electron chi connectivity index (χ1n) is 9.51. The minimum atomic E-state index is -0.342. The summed E-state index contributed by atoms with van der Waals surface area (Å²) in [5.41, 5.74) is 2.06. The molecule has 1 aromatic carbocycles. The Morgan fingerprint density at radius 3 is 2.93 bits per heavy atom. The number of aliphatic hydroxyl groups is 1. The Hall–Kier alpha value is -2.60. The van der Waals surface area contributed by atoms with Crippen molar-refractivity contribution in [3.05, 3.63) is 55.3 Å². The molecule has 4 atom stereocenters. The van der Waals surface area contributed by atoms with Crippen LogP contribution in [0.25, 0.3) is 11.0 Å². The van der Waals surface area contributed by atoms with Crippen molar-refractivity contribution >= 4 is 16.9 Å². The van der Waals surface area contributed by atoms with Crippen LogP contribution in [0.15, 0.2) is 42.9 Å². The summed E-state index contributed by atoms with van der Waals surface area (Å²) in [6, 6.07) is 10.6. The van der Waals surface area contributed by atoms with Crippen LogP contribution in [-0.2, 0) is 0 Å². The number of fused-ring (bicyclic) bond motifs is 2. The van der Waals surface area contributed by atoms with Crippen molar-refractivity contribution < 1.29 is 9.84 Å². The van der Waals surface area contributed by atoms with Crippen molar-refractivity contribution in [3.8, 4) is 5.75 Å². The molecule has 27 heavy (non-hydrogen) atoms. The van der Waals surface area contributed by atoms with Crippen molar-refractivity contribution in [2.24, 2.45) is 5.92 Å². The maximum Gasteiger partial charge on any atom is 0.145 e. The van der Waals surface area contributed by atoms with E-state index < -0.39 is 0 Å². The Balaban J connectivity index is 1.47. The first-order chi connectivity index (χ1) is 13.2. The van der Waals surface area contributed by atoms with Crippen molar-refractivity contribution in [1.82, 2.24) is 14.5 Å². The van der Waals surface area contributed by atoms with Gasteiger partial charge in [0.05, 0.1) is 24.1 Å². The molecule has 1 radical (unpaired) electrons. The van der Waals surface area contributed by atoms with Gasteiger partial charge in [-0.05, 0) is 37.8 Å². The zero-order valence-electron chi connectivity index (χ0n) is 15.1. The summed E-state index contributed by atoms with van der Waals surface area (Å²) in [6.45, 7) is 4.74. The molecule has 0 unspecified atom stereocenters. The normalized spacial score (nSPS) is 27.3. The van der Waals surface area contributed by atoms with E-state index in [1.807, 2.05) is 18.2 Å². The Kier molecular flexibility index (Phi) is 4.01. The number of aliphatic hydroxyl groups excluding tert-OH is 1. The first kappa shape index (κ1) is 16.6. The molecule has 2 aliphatic rings. The maximum atomic E-state index is 10.1. The third-order valence-electron chi connectivity index (χ3n) is 5.80. The van der Waals surface area contributed by atoms with Gasteiger partial charge in [-0.25, -0.2) is 9.97 Å². The van der Waals surface area contributed by atoms with Crippen molar-refractivity contribution in [2.45, 2.75) is 37.5 Å². The first-order valence-corrected chi connectivity index (χ1v) is 9.51. The average Bonchev–Trinajstić information content (AvgIpc) is 3.26. The highest BCUT2D eigenvalue weighted by molar-refractivity contribution is 5.87. The second-order valence-corrected chi connectivity index (χ2v) is 7.51. The van der Waals surface area contributed by atoms with Gasteiger partial charge in [0.1, 0.15) is 23.5 Å². The van der Waals surface area contributed by atoms with Gasteiger partial charge in [-0.1, -0.05) is 18.2 Å². The van der Waals surface area contributed by atoms with Crippen LogP contribution < -0.4 is 10.1 Å². The highest BCUT2D eigenvalue weighted by Crippen LogP contribution is 2.38. The van der Waals surface area contributed by atoms with Gasteiger partial charge < -0.3 is 19.7 Å². The summed E-state index contributed by atoms with van der Waals surface area (Å²) in [6.07, 6.45) is 5.80. The third kappa shape index (κ3) is 2.84. The number of anilines is 1. The van der Waals surface area contributed by atoms with E-state index >= 15 is 0 Å². The zero-order valence-corrected chi connectivity index (χ0v) is 15.1. The van der Waals surface area contributed by atoms with E-state index in [-0.39, 0.29) is 24.1 Å². The fraction of sp³-hybridized carbons (Fsp3) is 0.381. The van der Waals surface area contributed by atoms with Crippen LogP contribution >= 0.6 is 0 Å². The van der Waals surface area contributed by atoms with Crippen LogP contribution in [0, 0.1) is 12.8 Å². The Bertz CT molecular complexity index is 960. The van der Waals surface area contributed by atoms with E-state index in [1.54, 1.807) is 6.33 Å². The van der Waals surface area contributed by atoms with Gasteiger partial charge in [-0.2, -0.15) is 0 Å². The van der Waals surface area contributed by atoms with Gasteiger partial charge in [0.2, 0.25) is 0 Å². The van der Waals surface area contributed by atoms with E-state index in [2.05, 4.69) is 45.1 Å². The number of hydrogen-bond donors (Lipinski definition) is 2. The lowest BCUT2D eigenvalue weighted by Gasteiger charge is -2.27. The van der Waals surface area contributed by atoms with E-state index in [4.69, 9.17) is 4.74 Å². The molecule has 0 amide bonds. The Morgan fingerprint density at radius 1 is 1.19 bits per heavy atom. The topological polar surface area (TPSA) is 72.2 Å². The van der Waals surface area contributed by atoms with Gasteiger partial charge in [-0.3, -0.25) is 0 Å². The van der Waals surface area contributed by atoms with Crippen LogP contribution in [0.3, 0.4) is 0 Å². The van der Waals surface area contributed by atoms with Gasteiger partial charge in [0.25, 0.3) is 0 Å². The number of nitrogens with one attached hydrogen (secondary N) is 1. The lowest BCUT2D eigenvalue weighted by atomic mass is 10.0. The molecular formula is C21H23N4O2. The number of ether oxygens (including phenoxy) is 1. The summed E-state index contributed by atoms with van der Waals surface area (Å²) in [5, 5.41) is 14.7. The maximum absolute atomic E-state index is 10.1. The number of para-hydroxylation sites is 1. The fourth-order valence-corrected chi connectivity index (χ4v) is 4.34. The second kappa shape index (κ2) is 6.53. The SMILES string of the molecule is [CH2][C@H]1C[C@@H](n2ccc3c(N[C@H]4CCOc5ccccc54)ncnc32)C[C@@H]1O. The van der Waals surface area contributed by atoms with Gasteiger partial charge >= 0.3 is 0 Å². The van der Waals surface area contributed by atoms with E-state index in [0.29, 0.717) is 6.61 Å². The lowest BCUT2D eigenvalue weighted by Crippen LogP contribution is -2.21. The van der Waals surface area contributed by atoms with Crippen LogP contribution in [0.5, 0.6) is 5.75 Å². The molecule has 0 spiro atoms. The molecule has 2 aromatic heterocycles. The summed E-state index contributed by atoms with van der Waals surface area (Å²) in [7, 11) is 0. The summed E-state index contributed by atoms with van der Waals surface area (Å²) >= 11 is 0. The lowest BCUT2D eigenvalue weighted by molar-refractivity contribution is 0.149.